The minimum atomic E-state index is -5.08. The summed E-state index contributed by atoms with van der Waals surface area (Å²) in [7, 11) is 2.15. The summed E-state index contributed by atoms with van der Waals surface area (Å²) in [6.07, 6.45) is -2.85. The molecule has 0 aromatic carbocycles. The van der Waals surface area contributed by atoms with Crippen molar-refractivity contribution < 1.29 is 23.1 Å². The smallest absolute Gasteiger partial charge is 0.475 e. The molecular weight excluding hydrogens is 431 g/mol. The van der Waals surface area contributed by atoms with Crippen LogP contribution in [0.1, 0.15) is 12.8 Å². The number of rotatable bonds is 4. The molecule has 0 aliphatic carbocycles. The Balaban J connectivity index is 0.000000360. The van der Waals surface area contributed by atoms with Crippen LogP contribution in [0, 0.1) is 0 Å². The number of hydrogen-bond acceptors (Lipinski definition) is 10. The van der Waals surface area contributed by atoms with E-state index in [0.717, 1.165) is 77.1 Å². The van der Waals surface area contributed by atoms with Crippen molar-refractivity contribution in [1.82, 2.24) is 30.5 Å². The second-order valence-corrected chi connectivity index (χ2v) is 8.09. The van der Waals surface area contributed by atoms with Gasteiger partial charge in [0, 0.05) is 51.4 Å². The summed E-state index contributed by atoms with van der Waals surface area (Å²) in [5.41, 5.74) is 6.07. The van der Waals surface area contributed by atoms with Gasteiger partial charge in [0.2, 0.25) is 17.8 Å². The Hall–Kier alpha value is -2.45. The Morgan fingerprint density at radius 3 is 2.03 bits per heavy atom. The largest absolute Gasteiger partial charge is 0.490 e. The number of nitrogens with one attached hydrogen (secondary N) is 2. The molecule has 14 heteroatoms. The summed E-state index contributed by atoms with van der Waals surface area (Å²) < 4.78 is 31.7. The third-order valence-corrected chi connectivity index (χ3v) is 5.74. The van der Waals surface area contributed by atoms with E-state index in [1.54, 1.807) is 0 Å². The van der Waals surface area contributed by atoms with Crippen molar-refractivity contribution in [2.24, 2.45) is 0 Å². The van der Waals surface area contributed by atoms with Crippen LogP contribution >= 0.6 is 0 Å². The topological polar surface area (TPSA) is 136 Å². The normalized spacial score (nSPS) is 24.2. The van der Waals surface area contributed by atoms with E-state index in [4.69, 9.17) is 20.6 Å². The SMILES string of the molecule is CN1CCN(c2nc(N)nc(N(C3CCNC3)[C@@H]3CCNC3)n2)CC1.O=C(O)C(F)(F)F. The highest BCUT2D eigenvalue weighted by Gasteiger charge is 2.38. The fraction of sp³-hybridized carbons (Fsp3) is 0.778. The highest BCUT2D eigenvalue weighted by Crippen LogP contribution is 2.25. The molecule has 1 aromatic rings. The summed E-state index contributed by atoms with van der Waals surface area (Å²) in [4.78, 5) is 29.6. The number of halogens is 3. The number of hydrogen-bond donors (Lipinski definition) is 4. The van der Waals surface area contributed by atoms with Gasteiger partial charge in [-0.3, -0.25) is 0 Å². The molecule has 0 radical (unpaired) electrons. The predicted molar refractivity (Wildman–Crippen MR) is 113 cm³/mol. The van der Waals surface area contributed by atoms with Gasteiger partial charge in [-0.1, -0.05) is 0 Å². The molecular formula is C18H30F3N9O2. The zero-order chi connectivity index (χ0) is 23.3. The molecule has 0 spiro atoms. The first-order valence-corrected chi connectivity index (χ1v) is 10.6. The molecule has 11 nitrogen and oxygen atoms in total. The summed E-state index contributed by atoms with van der Waals surface area (Å²) >= 11 is 0. The van der Waals surface area contributed by atoms with E-state index in [0.29, 0.717) is 18.0 Å². The molecule has 4 heterocycles. The number of alkyl halides is 3. The van der Waals surface area contributed by atoms with E-state index in [-0.39, 0.29) is 0 Å². The van der Waals surface area contributed by atoms with Gasteiger partial charge in [0.05, 0.1) is 0 Å². The molecule has 0 saturated carbocycles. The van der Waals surface area contributed by atoms with E-state index in [9.17, 15) is 13.2 Å². The number of nitrogen functional groups attached to an aromatic ring is 1. The van der Waals surface area contributed by atoms with Gasteiger partial charge in [0.1, 0.15) is 0 Å². The number of aromatic nitrogens is 3. The van der Waals surface area contributed by atoms with Crippen LogP contribution in [-0.2, 0) is 4.79 Å². The fourth-order valence-corrected chi connectivity index (χ4v) is 4.01. The number of carboxylic acid groups (broad SMARTS) is 1. The number of piperazine rings is 1. The minimum absolute atomic E-state index is 0.320. The van der Waals surface area contributed by atoms with E-state index in [1.807, 2.05) is 0 Å². The van der Waals surface area contributed by atoms with Gasteiger partial charge in [0.15, 0.2) is 0 Å². The second-order valence-electron chi connectivity index (χ2n) is 8.09. The van der Waals surface area contributed by atoms with Crippen LogP contribution in [0.25, 0.3) is 0 Å². The van der Waals surface area contributed by atoms with Gasteiger partial charge in [-0.15, -0.1) is 0 Å². The van der Waals surface area contributed by atoms with Crippen molar-refractivity contribution in [3.05, 3.63) is 0 Å². The quantitative estimate of drug-likeness (QED) is 0.456. The predicted octanol–water partition coefficient (Wildman–Crippen LogP) is -0.631. The van der Waals surface area contributed by atoms with Crippen LogP contribution < -0.4 is 26.2 Å². The molecule has 0 bridgehead atoms. The highest BCUT2D eigenvalue weighted by atomic mass is 19.4. The molecule has 3 aliphatic heterocycles. The van der Waals surface area contributed by atoms with E-state index in [2.05, 4.69) is 42.3 Å². The average Bonchev–Trinajstić information content (AvgIpc) is 3.43. The van der Waals surface area contributed by atoms with Gasteiger partial charge in [-0.2, -0.15) is 28.1 Å². The molecule has 1 aromatic heterocycles. The Labute approximate surface area is 184 Å². The van der Waals surface area contributed by atoms with Crippen molar-refractivity contribution in [2.75, 3.05) is 74.9 Å². The molecule has 180 valence electrons. The standard InChI is InChI=1S/C16H29N9.C2HF3O2/c1-23-6-8-24(9-7-23)15-20-14(17)21-16(22-15)25(12-2-4-18-10-12)13-3-5-19-11-13;3-2(4,5)1(6)7/h12-13,18-19H,2-11H2,1H3,(H2,17,20,21,22);(H,6,7)/t12-,13?;/m1./s1. The van der Waals surface area contributed by atoms with Crippen LogP contribution in [0.2, 0.25) is 0 Å². The molecule has 3 fully saturated rings. The first kappa shape index (κ1) is 24.2. The summed E-state index contributed by atoms with van der Waals surface area (Å²) in [6.45, 7) is 7.94. The Morgan fingerprint density at radius 1 is 1.06 bits per heavy atom. The number of nitrogens with zero attached hydrogens (tertiary/aromatic N) is 6. The van der Waals surface area contributed by atoms with E-state index < -0.39 is 12.1 Å². The Kier molecular flexibility index (Phi) is 7.90. The third-order valence-electron chi connectivity index (χ3n) is 5.74. The summed E-state index contributed by atoms with van der Waals surface area (Å²) in [6, 6.07) is 0.846. The van der Waals surface area contributed by atoms with Gasteiger partial charge < -0.3 is 36.2 Å². The van der Waals surface area contributed by atoms with Crippen molar-refractivity contribution in [3.63, 3.8) is 0 Å². The van der Waals surface area contributed by atoms with Crippen molar-refractivity contribution >= 4 is 23.8 Å². The van der Waals surface area contributed by atoms with Crippen LogP contribution in [0.4, 0.5) is 31.0 Å². The molecule has 1 unspecified atom stereocenters. The maximum Gasteiger partial charge on any atom is 0.490 e. The molecule has 0 amide bonds. The second kappa shape index (κ2) is 10.4. The van der Waals surface area contributed by atoms with Crippen molar-refractivity contribution in [1.29, 1.82) is 0 Å². The fourth-order valence-electron chi connectivity index (χ4n) is 4.01. The maximum absolute atomic E-state index is 10.6. The lowest BCUT2D eigenvalue weighted by molar-refractivity contribution is -0.192. The minimum Gasteiger partial charge on any atom is -0.475 e. The lowest BCUT2D eigenvalue weighted by Crippen LogP contribution is -2.48. The zero-order valence-corrected chi connectivity index (χ0v) is 18.0. The van der Waals surface area contributed by atoms with Gasteiger partial charge in [-0.25, -0.2) is 4.79 Å². The molecule has 5 N–H and O–H groups in total. The Bertz CT molecular complexity index is 747. The maximum atomic E-state index is 10.6. The lowest BCUT2D eigenvalue weighted by atomic mass is 10.1. The molecule has 32 heavy (non-hydrogen) atoms. The molecule has 4 rings (SSSR count). The number of carboxylic acids is 1. The van der Waals surface area contributed by atoms with Gasteiger partial charge >= 0.3 is 12.1 Å². The number of likely N-dealkylation sites (N-methyl/N-ethyl adjacent to an activating group) is 1. The van der Waals surface area contributed by atoms with Crippen molar-refractivity contribution in [2.45, 2.75) is 31.1 Å². The molecule has 2 atom stereocenters. The summed E-state index contributed by atoms with van der Waals surface area (Å²) in [5.74, 6) is -0.977. The Morgan fingerprint density at radius 2 is 1.59 bits per heavy atom. The first-order valence-electron chi connectivity index (χ1n) is 10.6. The number of anilines is 3. The molecule has 3 aliphatic rings. The third kappa shape index (κ3) is 6.29. The van der Waals surface area contributed by atoms with Gasteiger partial charge in [0.25, 0.3) is 0 Å². The summed E-state index contributed by atoms with van der Waals surface area (Å²) in [5, 5.41) is 14.1. The van der Waals surface area contributed by atoms with E-state index >= 15 is 0 Å². The first-order chi connectivity index (χ1) is 15.1. The van der Waals surface area contributed by atoms with Crippen LogP contribution in [0.15, 0.2) is 0 Å². The van der Waals surface area contributed by atoms with Crippen LogP contribution in [0.5, 0.6) is 0 Å². The van der Waals surface area contributed by atoms with Gasteiger partial charge in [-0.05, 0) is 33.0 Å². The van der Waals surface area contributed by atoms with Crippen LogP contribution in [0.3, 0.4) is 0 Å². The number of carbonyl (C=O) groups is 1. The average molecular weight is 461 g/mol. The van der Waals surface area contributed by atoms with Crippen LogP contribution in [-0.4, -0.2) is 109 Å². The van der Waals surface area contributed by atoms with Crippen molar-refractivity contribution in [3.8, 4) is 0 Å². The number of aliphatic carboxylic acids is 1. The molecule has 3 saturated heterocycles. The monoisotopic (exact) mass is 461 g/mol. The lowest BCUT2D eigenvalue weighted by Gasteiger charge is -2.35. The zero-order valence-electron chi connectivity index (χ0n) is 18.0. The van der Waals surface area contributed by atoms with E-state index in [1.165, 1.54) is 0 Å². The highest BCUT2D eigenvalue weighted by molar-refractivity contribution is 5.73. The number of nitrogens with two attached hydrogens (primary N) is 1.